The summed E-state index contributed by atoms with van der Waals surface area (Å²) in [5.41, 5.74) is 2.39. The molecular weight excluding hydrogens is 434 g/mol. The van der Waals surface area contributed by atoms with Gasteiger partial charge in [0.25, 0.3) is 0 Å². The summed E-state index contributed by atoms with van der Waals surface area (Å²) in [4.78, 5) is 18.3. The number of fused-ring (bicyclic) bond motifs is 3. The second-order valence-electron chi connectivity index (χ2n) is 7.48. The van der Waals surface area contributed by atoms with Crippen molar-refractivity contribution in [2.45, 2.75) is 26.4 Å². The Kier molecular flexibility index (Phi) is 5.52. The fraction of sp³-hybridized carbons (Fsp3) is 0.318. The van der Waals surface area contributed by atoms with Crippen LogP contribution in [0.2, 0.25) is 5.02 Å². The first-order chi connectivity index (χ1) is 15.1. The summed E-state index contributed by atoms with van der Waals surface area (Å²) in [6.45, 7) is 5.06. The molecule has 0 saturated carbocycles. The first-order valence-electron chi connectivity index (χ1n) is 10.2. The van der Waals surface area contributed by atoms with E-state index in [0.717, 1.165) is 41.1 Å². The van der Waals surface area contributed by atoms with Crippen LogP contribution in [0.15, 0.2) is 35.2 Å². The average Bonchev–Trinajstić information content (AvgIpc) is 3.41. The molecule has 9 heteroatoms. The molecule has 0 radical (unpaired) electrons. The number of rotatable bonds is 6. The first-order valence-corrected chi connectivity index (χ1v) is 11.4. The smallest absolute Gasteiger partial charge is 0.200 e. The van der Waals surface area contributed by atoms with Crippen LogP contribution < -0.4 is 10.1 Å². The highest BCUT2D eigenvalue weighted by Crippen LogP contribution is 2.38. The number of hydrogen-bond donors (Lipinski definition) is 1. The number of hydrogen-bond acceptors (Lipinski definition) is 8. The Hall–Kier alpha value is -2.68. The van der Waals surface area contributed by atoms with Crippen molar-refractivity contribution in [1.29, 1.82) is 0 Å². The molecule has 0 spiro atoms. The van der Waals surface area contributed by atoms with Crippen molar-refractivity contribution in [3.05, 3.63) is 51.8 Å². The van der Waals surface area contributed by atoms with Crippen molar-refractivity contribution >= 4 is 39.0 Å². The van der Waals surface area contributed by atoms with Gasteiger partial charge < -0.3 is 19.4 Å². The van der Waals surface area contributed by atoms with Crippen LogP contribution in [0.25, 0.3) is 21.8 Å². The Bertz CT molecular complexity index is 1220. The number of nitrogens with one attached hydrogen (secondary N) is 1. The minimum atomic E-state index is 0.532. The Morgan fingerprint density at radius 1 is 1.32 bits per heavy atom. The van der Waals surface area contributed by atoms with Crippen LogP contribution >= 0.6 is 22.9 Å². The SMILES string of the molecule is CCOc1ccc(CNc2nc(-c3cnco3)nc3sc4c(c23)CCN(C)C4)cc1Cl. The molecule has 0 fully saturated rings. The summed E-state index contributed by atoms with van der Waals surface area (Å²) in [5.74, 6) is 2.59. The van der Waals surface area contributed by atoms with Crippen LogP contribution in [-0.2, 0) is 19.5 Å². The average molecular weight is 456 g/mol. The third-order valence-electron chi connectivity index (χ3n) is 5.30. The molecule has 0 unspecified atom stereocenters. The van der Waals surface area contributed by atoms with E-state index in [2.05, 4.69) is 22.2 Å². The summed E-state index contributed by atoms with van der Waals surface area (Å²) in [6, 6.07) is 5.84. The Balaban J connectivity index is 1.52. The van der Waals surface area contributed by atoms with Crippen LogP contribution in [0.1, 0.15) is 22.9 Å². The van der Waals surface area contributed by atoms with Gasteiger partial charge in [-0.3, -0.25) is 0 Å². The molecule has 0 aliphatic carbocycles. The topological polar surface area (TPSA) is 76.3 Å². The van der Waals surface area contributed by atoms with Gasteiger partial charge in [0.2, 0.25) is 5.82 Å². The fourth-order valence-electron chi connectivity index (χ4n) is 3.80. The van der Waals surface area contributed by atoms with Gasteiger partial charge in [-0.15, -0.1) is 11.3 Å². The number of aromatic nitrogens is 3. The van der Waals surface area contributed by atoms with E-state index in [4.69, 9.17) is 30.7 Å². The lowest BCUT2D eigenvalue weighted by Crippen LogP contribution is -2.25. The minimum absolute atomic E-state index is 0.532. The summed E-state index contributed by atoms with van der Waals surface area (Å²) in [5, 5.41) is 5.22. The zero-order valence-electron chi connectivity index (χ0n) is 17.3. The van der Waals surface area contributed by atoms with Crippen molar-refractivity contribution in [3.8, 4) is 17.3 Å². The van der Waals surface area contributed by atoms with Crippen LogP contribution in [0.4, 0.5) is 5.82 Å². The number of likely N-dealkylation sites (N-methyl/N-ethyl adjacent to an activating group) is 1. The normalized spacial score (nSPS) is 14.0. The van der Waals surface area contributed by atoms with Crippen molar-refractivity contribution in [2.24, 2.45) is 0 Å². The van der Waals surface area contributed by atoms with E-state index in [1.807, 2.05) is 25.1 Å². The third-order valence-corrected chi connectivity index (χ3v) is 6.71. The summed E-state index contributed by atoms with van der Waals surface area (Å²) >= 11 is 8.10. The molecular formula is C22H22ClN5O2S. The Morgan fingerprint density at radius 3 is 3.00 bits per heavy atom. The van der Waals surface area contributed by atoms with E-state index in [1.165, 1.54) is 16.8 Å². The monoisotopic (exact) mass is 455 g/mol. The molecule has 1 aromatic carbocycles. The number of nitrogens with zero attached hydrogens (tertiary/aromatic N) is 4. The van der Waals surface area contributed by atoms with Crippen LogP contribution in [0.3, 0.4) is 0 Å². The molecule has 4 heterocycles. The van der Waals surface area contributed by atoms with Crippen LogP contribution in [0, 0.1) is 0 Å². The lowest BCUT2D eigenvalue weighted by molar-refractivity contribution is 0.318. The molecule has 1 aliphatic rings. The molecule has 7 nitrogen and oxygen atoms in total. The predicted molar refractivity (Wildman–Crippen MR) is 123 cm³/mol. The number of benzene rings is 1. The van der Waals surface area contributed by atoms with Crippen molar-refractivity contribution < 1.29 is 9.15 Å². The number of oxazole rings is 1. The Morgan fingerprint density at radius 2 is 2.23 bits per heavy atom. The highest BCUT2D eigenvalue weighted by Gasteiger charge is 2.24. The Labute approximate surface area is 189 Å². The van der Waals surface area contributed by atoms with Gasteiger partial charge in [0, 0.05) is 24.5 Å². The lowest BCUT2D eigenvalue weighted by Gasteiger charge is -2.22. The van der Waals surface area contributed by atoms with Gasteiger partial charge in [0.1, 0.15) is 16.4 Å². The second-order valence-corrected chi connectivity index (χ2v) is 8.98. The predicted octanol–water partition coefficient (Wildman–Crippen LogP) is 5.00. The third kappa shape index (κ3) is 3.98. The van der Waals surface area contributed by atoms with Crippen molar-refractivity contribution in [3.63, 3.8) is 0 Å². The number of halogens is 1. The van der Waals surface area contributed by atoms with Gasteiger partial charge in [-0.05, 0) is 43.7 Å². The van der Waals surface area contributed by atoms with Gasteiger partial charge in [0.15, 0.2) is 12.2 Å². The second kappa shape index (κ2) is 8.45. The van der Waals surface area contributed by atoms with Gasteiger partial charge in [-0.2, -0.15) is 0 Å². The maximum absolute atomic E-state index is 6.37. The molecule has 0 amide bonds. The summed E-state index contributed by atoms with van der Waals surface area (Å²) in [6.07, 6.45) is 4.02. The van der Waals surface area contributed by atoms with E-state index < -0.39 is 0 Å². The molecule has 3 aromatic heterocycles. The number of thiophene rings is 1. The summed E-state index contributed by atoms with van der Waals surface area (Å²) in [7, 11) is 2.15. The highest BCUT2D eigenvalue weighted by molar-refractivity contribution is 7.19. The van der Waals surface area contributed by atoms with Gasteiger partial charge in [-0.25, -0.2) is 15.0 Å². The van der Waals surface area contributed by atoms with E-state index in [9.17, 15) is 0 Å². The van der Waals surface area contributed by atoms with Gasteiger partial charge in [0.05, 0.1) is 23.2 Å². The first kappa shape index (κ1) is 20.2. The molecule has 1 N–H and O–H groups in total. The van der Waals surface area contributed by atoms with Crippen molar-refractivity contribution in [2.75, 3.05) is 25.5 Å². The van der Waals surface area contributed by atoms with Crippen LogP contribution in [0.5, 0.6) is 5.75 Å². The van der Waals surface area contributed by atoms with Gasteiger partial charge in [-0.1, -0.05) is 17.7 Å². The zero-order chi connectivity index (χ0) is 21.4. The quantitative estimate of drug-likeness (QED) is 0.438. The minimum Gasteiger partial charge on any atom is -0.492 e. The van der Waals surface area contributed by atoms with E-state index in [-0.39, 0.29) is 0 Å². The molecule has 4 aromatic rings. The lowest BCUT2D eigenvalue weighted by atomic mass is 10.1. The highest BCUT2D eigenvalue weighted by atomic mass is 35.5. The maximum Gasteiger partial charge on any atom is 0.200 e. The molecule has 5 rings (SSSR count). The molecule has 1 aliphatic heterocycles. The van der Waals surface area contributed by atoms with E-state index in [0.29, 0.717) is 35.5 Å². The fourth-order valence-corrected chi connectivity index (χ4v) is 5.36. The number of anilines is 1. The molecule has 0 atom stereocenters. The number of ether oxygens (including phenoxy) is 1. The van der Waals surface area contributed by atoms with Crippen LogP contribution in [-0.4, -0.2) is 40.1 Å². The maximum atomic E-state index is 6.37. The summed E-state index contributed by atoms with van der Waals surface area (Å²) < 4.78 is 11.0. The molecule has 0 bridgehead atoms. The van der Waals surface area contributed by atoms with E-state index in [1.54, 1.807) is 17.5 Å². The molecule has 0 saturated heterocycles. The molecule has 31 heavy (non-hydrogen) atoms. The van der Waals surface area contributed by atoms with Crippen molar-refractivity contribution in [1.82, 2.24) is 19.9 Å². The van der Waals surface area contributed by atoms with E-state index >= 15 is 0 Å². The largest absolute Gasteiger partial charge is 0.492 e. The van der Waals surface area contributed by atoms with Gasteiger partial charge >= 0.3 is 0 Å². The zero-order valence-corrected chi connectivity index (χ0v) is 18.9. The standard InChI is InChI=1S/C22H22ClN5O2S/c1-3-29-16-5-4-13(8-15(16)23)9-25-21-19-14-6-7-28(2)11-18(14)31-22(19)27-20(26-21)17-10-24-12-30-17/h4-5,8,10,12H,3,6-7,9,11H2,1-2H3,(H,25,26,27). The molecule has 160 valence electrons.